The number of aromatic hydroxyl groups is 2. The van der Waals surface area contributed by atoms with Crippen molar-refractivity contribution in [3.05, 3.63) is 77.8 Å². The largest absolute Gasteiger partial charge is 0.508 e. The summed E-state index contributed by atoms with van der Waals surface area (Å²) in [5, 5.41) is 29.2. The van der Waals surface area contributed by atoms with Crippen LogP contribution in [0.1, 0.15) is 0 Å². The summed E-state index contributed by atoms with van der Waals surface area (Å²) < 4.78 is 0. The van der Waals surface area contributed by atoms with Gasteiger partial charge < -0.3 is 10.2 Å². The fourth-order valence-electron chi connectivity index (χ4n) is 2.75. The van der Waals surface area contributed by atoms with Crippen LogP contribution in [-0.2, 0) is 0 Å². The highest BCUT2D eigenvalue weighted by molar-refractivity contribution is 6.30. The van der Waals surface area contributed by atoms with Crippen molar-refractivity contribution in [2.75, 3.05) is 0 Å². The first-order valence-electron chi connectivity index (χ1n) is 8.20. The van der Waals surface area contributed by atoms with Gasteiger partial charge in [-0.3, -0.25) is 0 Å². The maximum Gasteiger partial charge on any atom is 0.182 e. The summed E-state index contributed by atoms with van der Waals surface area (Å²) in [7, 11) is 0. The molecule has 0 atom stereocenters. The minimum Gasteiger partial charge on any atom is -0.508 e. The summed E-state index contributed by atoms with van der Waals surface area (Å²) in [6, 6.07) is 21.0. The first-order chi connectivity index (χ1) is 13.1. The van der Waals surface area contributed by atoms with Crippen LogP contribution in [0, 0.1) is 0 Å². The smallest absolute Gasteiger partial charge is 0.182 e. The molecule has 0 saturated carbocycles. The molecule has 0 saturated heterocycles. The predicted molar refractivity (Wildman–Crippen MR) is 104 cm³/mol. The van der Waals surface area contributed by atoms with Crippen molar-refractivity contribution < 1.29 is 10.2 Å². The summed E-state index contributed by atoms with van der Waals surface area (Å²) in [6.45, 7) is 0. The fraction of sp³-hybridized carbons (Fsp3) is 0. The van der Waals surface area contributed by atoms with Crippen LogP contribution in [0.2, 0.25) is 5.02 Å². The van der Waals surface area contributed by atoms with Crippen LogP contribution in [-0.4, -0.2) is 25.4 Å². The molecule has 27 heavy (non-hydrogen) atoms. The van der Waals surface area contributed by atoms with Gasteiger partial charge in [-0.25, -0.2) is 4.98 Å². The summed E-state index contributed by atoms with van der Waals surface area (Å²) in [5.41, 5.74) is 3.04. The summed E-state index contributed by atoms with van der Waals surface area (Å²) in [5.74, 6) is 0.293. The van der Waals surface area contributed by atoms with Crippen LogP contribution in [0.3, 0.4) is 0 Å². The third-order valence-corrected chi connectivity index (χ3v) is 4.32. The van der Waals surface area contributed by atoms with E-state index in [1.165, 1.54) is 12.1 Å². The number of hydrogen-bond acceptors (Lipinski definition) is 5. The second kappa shape index (κ2) is 7.05. The van der Waals surface area contributed by atoms with Gasteiger partial charge in [0.1, 0.15) is 22.9 Å². The second-order valence-corrected chi connectivity index (χ2v) is 6.34. The monoisotopic (exact) mass is 375 g/mol. The molecule has 4 rings (SSSR count). The zero-order chi connectivity index (χ0) is 18.8. The Kier molecular flexibility index (Phi) is 4.44. The van der Waals surface area contributed by atoms with Gasteiger partial charge in [0, 0.05) is 27.8 Å². The summed E-state index contributed by atoms with van der Waals surface area (Å²) in [6.07, 6.45) is 0. The standard InChI is InChI=1S/C21H14ClN3O2/c22-15-8-6-14(7-9-15)21-23-20(17-11-10-16(26)12-18(17)27)19(24-25-21)13-4-2-1-3-5-13/h1-12,26-27H. The van der Waals surface area contributed by atoms with Gasteiger partial charge in [-0.2, -0.15) is 0 Å². The lowest BCUT2D eigenvalue weighted by Crippen LogP contribution is -2.00. The number of aromatic nitrogens is 3. The van der Waals surface area contributed by atoms with E-state index >= 15 is 0 Å². The lowest BCUT2D eigenvalue weighted by Gasteiger charge is -2.11. The third-order valence-electron chi connectivity index (χ3n) is 4.07. The molecule has 0 aliphatic carbocycles. The van der Waals surface area contributed by atoms with Crippen LogP contribution in [0.15, 0.2) is 72.8 Å². The summed E-state index contributed by atoms with van der Waals surface area (Å²) in [4.78, 5) is 4.65. The maximum absolute atomic E-state index is 10.3. The Labute approximate surface area is 160 Å². The molecule has 0 bridgehead atoms. The van der Waals surface area contributed by atoms with Gasteiger partial charge in [-0.15, -0.1) is 10.2 Å². The Hall–Kier alpha value is -3.44. The number of phenolic OH excluding ortho intramolecular Hbond substituents is 2. The van der Waals surface area contributed by atoms with Crippen molar-refractivity contribution in [2.45, 2.75) is 0 Å². The van der Waals surface area contributed by atoms with E-state index in [-0.39, 0.29) is 11.5 Å². The minimum atomic E-state index is -0.0882. The average Bonchev–Trinajstić information content (AvgIpc) is 2.69. The number of nitrogens with zero attached hydrogens (tertiary/aromatic N) is 3. The van der Waals surface area contributed by atoms with Gasteiger partial charge in [0.25, 0.3) is 0 Å². The van der Waals surface area contributed by atoms with E-state index in [1.54, 1.807) is 18.2 Å². The van der Waals surface area contributed by atoms with Crippen molar-refractivity contribution >= 4 is 11.6 Å². The number of phenols is 2. The first-order valence-corrected chi connectivity index (χ1v) is 8.58. The molecule has 0 aliphatic heterocycles. The number of hydrogen-bond donors (Lipinski definition) is 2. The van der Waals surface area contributed by atoms with E-state index in [4.69, 9.17) is 11.6 Å². The van der Waals surface area contributed by atoms with Crippen LogP contribution in [0.4, 0.5) is 0 Å². The van der Waals surface area contributed by atoms with Crippen LogP contribution >= 0.6 is 11.6 Å². The highest BCUT2D eigenvalue weighted by atomic mass is 35.5. The molecule has 4 aromatic rings. The Bertz CT molecular complexity index is 1100. The van der Waals surface area contributed by atoms with E-state index in [2.05, 4.69) is 15.2 Å². The highest BCUT2D eigenvalue weighted by Gasteiger charge is 2.17. The summed E-state index contributed by atoms with van der Waals surface area (Å²) >= 11 is 5.95. The quantitative estimate of drug-likeness (QED) is 0.530. The minimum absolute atomic E-state index is 0.0301. The van der Waals surface area contributed by atoms with Crippen molar-refractivity contribution in [3.8, 4) is 45.4 Å². The van der Waals surface area contributed by atoms with Gasteiger partial charge in [0.05, 0.1) is 0 Å². The van der Waals surface area contributed by atoms with Crippen molar-refractivity contribution in [3.63, 3.8) is 0 Å². The topological polar surface area (TPSA) is 79.1 Å². The Balaban J connectivity index is 1.94. The van der Waals surface area contributed by atoms with Gasteiger partial charge in [0.2, 0.25) is 0 Å². The first kappa shape index (κ1) is 17.0. The Morgan fingerprint density at radius 2 is 1.44 bits per heavy atom. The van der Waals surface area contributed by atoms with Gasteiger partial charge in [0.15, 0.2) is 5.82 Å². The molecule has 6 heteroatoms. The van der Waals surface area contributed by atoms with Crippen LogP contribution < -0.4 is 0 Å². The molecular weight excluding hydrogens is 362 g/mol. The molecule has 0 aliphatic rings. The molecule has 5 nitrogen and oxygen atoms in total. The fourth-order valence-corrected chi connectivity index (χ4v) is 2.87. The normalized spacial score (nSPS) is 10.7. The molecule has 3 aromatic carbocycles. The average molecular weight is 376 g/mol. The van der Waals surface area contributed by atoms with Gasteiger partial charge in [-0.1, -0.05) is 41.9 Å². The Morgan fingerprint density at radius 1 is 0.704 bits per heavy atom. The lowest BCUT2D eigenvalue weighted by molar-refractivity contribution is 0.451. The van der Waals surface area contributed by atoms with Gasteiger partial charge >= 0.3 is 0 Å². The van der Waals surface area contributed by atoms with E-state index in [1.807, 2.05) is 42.5 Å². The van der Waals surface area contributed by atoms with Crippen molar-refractivity contribution in [2.24, 2.45) is 0 Å². The van der Waals surface area contributed by atoms with Crippen molar-refractivity contribution in [1.82, 2.24) is 15.2 Å². The molecule has 0 unspecified atom stereocenters. The zero-order valence-electron chi connectivity index (χ0n) is 14.0. The third kappa shape index (κ3) is 3.45. The molecule has 1 heterocycles. The molecule has 0 amide bonds. The van der Waals surface area contributed by atoms with E-state index in [0.29, 0.717) is 27.8 Å². The molecule has 2 N–H and O–H groups in total. The van der Waals surface area contributed by atoms with Crippen LogP contribution in [0.5, 0.6) is 11.5 Å². The molecular formula is C21H14ClN3O2. The van der Waals surface area contributed by atoms with E-state index in [0.717, 1.165) is 11.1 Å². The second-order valence-electron chi connectivity index (χ2n) is 5.91. The zero-order valence-corrected chi connectivity index (χ0v) is 14.8. The lowest BCUT2D eigenvalue weighted by atomic mass is 10.0. The molecule has 132 valence electrons. The maximum atomic E-state index is 10.3. The molecule has 0 spiro atoms. The number of benzene rings is 3. The number of halogens is 1. The molecule has 0 fully saturated rings. The van der Waals surface area contributed by atoms with Gasteiger partial charge in [-0.05, 0) is 36.4 Å². The Morgan fingerprint density at radius 3 is 2.15 bits per heavy atom. The predicted octanol–water partition coefficient (Wildman–Crippen LogP) is 4.94. The SMILES string of the molecule is Oc1ccc(-c2nc(-c3ccc(Cl)cc3)nnc2-c2ccccc2)c(O)c1. The number of rotatable bonds is 3. The molecule has 0 radical (unpaired) electrons. The van der Waals surface area contributed by atoms with E-state index in [9.17, 15) is 10.2 Å². The van der Waals surface area contributed by atoms with Crippen molar-refractivity contribution in [1.29, 1.82) is 0 Å². The molecule has 1 aromatic heterocycles. The van der Waals surface area contributed by atoms with Crippen LogP contribution in [0.25, 0.3) is 33.9 Å². The highest BCUT2D eigenvalue weighted by Crippen LogP contribution is 2.36. The van der Waals surface area contributed by atoms with E-state index < -0.39 is 0 Å².